The average molecular weight is 271 g/mol. The van der Waals surface area contributed by atoms with E-state index in [1.807, 2.05) is 24.4 Å². The van der Waals surface area contributed by atoms with Crippen LogP contribution in [0.4, 0.5) is 11.4 Å². The highest BCUT2D eigenvalue weighted by molar-refractivity contribution is 6.00. The fourth-order valence-corrected chi connectivity index (χ4v) is 2.83. The number of nitrogens with one attached hydrogen (secondary N) is 1. The maximum atomic E-state index is 5.97. The number of nitrogens with two attached hydrogens (primary N) is 1. The minimum absolute atomic E-state index is 0.476. The lowest BCUT2D eigenvalue weighted by Gasteiger charge is -2.14. The van der Waals surface area contributed by atoms with E-state index in [1.165, 1.54) is 25.7 Å². The molecule has 4 nitrogen and oxygen atoms in total. The molecule has 0 amide bonds. The highest BCUT2D eigenvalue weighted by Gasteiger charge is 2.14. The minimum Gasteiger partial charge on any atom is -0.398 e. The van der Waals surface area contributed by atoms with Crippen molar-refractivity contribution >= 4 is 22.1 Å². The van der Waals surface area contributed by atoms with Gasteiger partial charge in [0.05, 0.1) is 12.7 Å². The van der Waals surface area contributed by atoms with Gasteiger partial charge in [-0.1, -0.05) is 12.8 Å². The number of hydrogen-bond acceptors (Lipinski definition) is 4. The Kier molecular flexibility index (Phi) is 4.02. The fourth-order valence-electron chi connectivity index (χ4n) is 2.83. The number of pyridine rings is 1. The SMILES string of the molecule is Nc1ccc(NCCOC2CCCC2)c2ccncc12. The van der Waals surface area contributed by atoms with Gasteiger partial charge in [0.25, 0.3) is 0 Å². The van der Waals surface area contributed by atoms with Crippen molar-refractivity contribution in [1.29, 1.82) is 0 Å². The van der Waals surface area contributed by atoms with E-state index in [0.717, 1.165) is 35.3 Å². The lowest BCUT2D eigenvalue weighted by atomic mass is 10.1. The molecule has 106 valence electrons. The molecule has 1 aliphatic rings. The Hall–Kier alpha value is -1.81. The van der Waals surface area contributed by atoms with Crippen LogP contribution in [0.1, 0.15) is 25.7 Å². The second-order valence-electron chi connectivity index (χ2n) is 5.33. The number of benzene rings is 1. The van der Waals surface area contributed by atoms with Gasteiger partial charge in [-0.3, -0.25) is 4.98 Å². The van der Waals surface area contributed by atoms with Crippen LogP contribution in [0.25, 0.3) is 10.8 Å². The van der Waals surface area contributed by atoms with Crippen LogP contribution in [0.15, 0.2) is 30.6 Å². The molecule has 2 aromatic rings. The molecule has 0 radical (unpaired) electrons. The van der Waals surface area contributed by atoms with Gasteiger partial charge in [-0.2, -0.15) is 0 Å². The topological polar surface area (TPSA) is 60.2 Å². The van der Waals surface area contributed by atoms with Crippen LogP contribution in [0, 0.1) is 0 Å². The first-order chi connectivity index (χ1) is 9.84. The standard InChI is InChI=1S/C16H21N3O/c17-15-5-6-16(13-7-8-18-11-14(13)15)19-9-10-20-12-3-1-2-4-12/h5-8,11-12,19H,1-4,9-10,17H2. The number of nitrogen functional groups attached to an aromatic ring is 1. The normalized spacial score (nSPS) is 15.8. The summed E-state index contributed by atoms with van der Waals surface area (Å²) >= 11 is 0. The van der Waals surface area contributed by atoms with Gasteiger partial charge in [0.15, 0.2) is 0 Å². The molecule has 3 rings (SSSR count). The average Bonchev–Trinajstić information content (AvgIpc) is 2.99. The van der Waals surface area contributed by atoms with Crippen molar-refractivity contribution in [3.8, 4) is 0 Å². The van der Waals surface area contributed by atoms with E-state index in [-0.39, 0.29) is 0 Å². The lowest BCUT2D eigenvalue weighted by molar-refractivity contribution is 0.0659. The van der Waals surface area contributed by atoms with Crippen molar-refractivity contribution in [2.45, 2.75) is 31.8 Å². The Morgan fingerprint density at radius 3 is 2.90 bits per heavy atom. The summed E-state index contributed by atoms with van der Waals surface area (Å²) in [7, 11) is 0. The first kappa shape index (κ1) is 13.2. The molecule has 0 spiro atoms. The predicted molar refractivity (Wildman–Crippen MR) is 82.9 cm³/mol. The summed E-state index contributed by atoms with van der Waals surface area (Å²) in [6, 6.07) is 5.93. The van der Waals surface area contributed by atoms with Gasteiger partial charge < -0.3 is 15.8 Å². The van der Waals surface area contributed by atoms with Crippen molar-refractivity contribution < 1.29 is 4.74 Å². The molecule has 3 N–H and O–H groups in total. The summed E-state index contributed by atoms with van der Waals surface area (Å²) < 4.78 is 5.86. The number of aromatic nitrogens is 1. The first-order valence-corrected chi connectivity index (χ1v) is 7.32. The van der Waals surface area contributed by atoms with Crippen LogP contribution in [0.3, 0.4) is 0 Å². The highest BCUT2D eigenvalue weighted by atomic mass is 16.5. The fraction of sp³-hybridized carbons (Fsp3) is 0.438. The van der Waals surface area contributed by atoms with Crippen molar-refractivity contribution in [3.63, 3.8) is 0 Å². The Bertz CT molecular complexity index is 579. The van der Waals surface area contributed by atoms with E-state index in [2.05, 4.69) is 10.3 Å². The monoisotopic (exact) mass is 271 g/mol. The van der Waals surface area contributed by atoms with Crippen LogP contribution in [-0.4, -0.2) is 24.2 Å². The van der Waals surface area contributed by atoms with Gasteiger partial charge >= 0.3 is 0 Å². The second-order valence-corrected chi connectivity index (χ2v) is 5.33. The van der Waals surface area contributed by atoms with Gasteiger partial charge in [0, 0.05) is 41.1 Å². The number of ether oxygens (including phenoxy) is 1. The number of hydrogen-bond donors (Lipinski definition) is 2. The zero-order chi connectivity index (χ0) is 13.8. The summed E-state index contributed by atoms with van der Waals surface area (Å²) in [4.78, 5) is 4.13. The molecule has 0 bridgehead atoms. The molecule has 1 saturated carbocycles. The third-order valence-electron chi connectivity index (χ3n) is 3.93. The van der Waals surface area contributed by atoms with E-state index in [0.29, 0.717) is 6.10 Å². The molecule has 0 unspecified atom stereocenters. The van der Waals surface area contributed by atoms with Crippen LogP contribution in [0.5, 0.6) is 0 Å². The Morgan fingerprint density at radius 1 is 1.20 bits per heavy atom. The Morgan fingerprint density at radius 2 is 2.05 bits per heavy atom. The van der Waals surface area contributed by atoms with Crippen LogP contribution >= 0.6 is 0 Å². The molecule has 0 aliphatic heterocycles. The van der Waals surface area contributed by atoms with Gasteiger partial charge in [-0.25, -0.2) is 0 Å². The zero-order valence-corrected chi connectivity index (χ0v) is 11.6. The summed E-state index contributed by atoms with van der Waals surface area (Å²) in [5.74, 6) is 0. The molecule has 0 atom stereocenters. The molecule has 1 aromatic carbocycles. The smallest absolute Gasteiger partial charge is 0.0642 e. The van der Waals surface area contributed by atoms with Crippen LogP contribution in [-0.2, 0) is 4.74 Å². The van der Waals surface area contributed by atoms with Crippen molar-refractivity contribution in [2.24, 2.45) is 0 Å². The first-order valence-electron chi connectivity index (χ1n) is 7.32. The minimum atomic E-state index is 0.476. The quantitative estimate of drug-likeness (QED) is 0.647. The Labute approximate surface area is 119 Å². The van der Waals surface area contributed by atoms with E-state index < -0.39 is 0 Å². The van der Waals surface area contributed by atoms with E-state index >= 15 is 0 Å². The molecular formula is C16H21N3O. The lowest BCUT2D eigenvalue weighted by Crippen LogP contribution is -2.15. The third-order valence-corrected chi connectivity index (χ3v) is 3.93. The van der Waals surface area contributed by atoms with E-state index in [4.69, 9.17) is 10.5 Å². The van der Waals surface area contributed by atoms with Crippen LogP contribution in [0.2, 0.25) is 0 Å². The summed E-state index contributed by atoms with van der Waals surface area (Å²) in [5.41, 5.74) is 7.82. The molecule has 20 heavy (non-hydrogen) atoms. The number of rotatable bonds is 5. The molecule has 1 aromatic heterocycles. The summed E-state index contributed by atoms with van der Waals surface area (Å²) in [6.45, 7) is 1.57. The molecule has 1 aliphatic carbocycles. The van der Waals surface area contributed by atoms with Crippen molar-refractivity contribution in [3.05, 3.63) is 30.6 Å². The summed E-state index contributed by atoms with van der Waals surface area (Å²) in [5, 5.41) is 5.54. The molecule has 0 saturated heterocycles. The van der Waals surface area contributed by atoms with Crippen molar-refractivity contribution in [1.82, 2.24) is 4.98 Å². The molecule has 4 heteroatoms. The third kappa shape index (κ3) is 2.85. The van der Waals surface area contributed by atoms with Crippen LogP contribution < -0.4 is 11.1 Å². The molecular weight excluding hydrogens is 250 g/mol. The predicted octanol–water partition coefficient (Wildman–Crippen LogP) is 3.19. The largest absolute Gasteiger partial charge is 0.398 e. The maximum absolute atomic E-state index is 5.97. The number of nitrogens with zero attached hydrogens (tertiary/aromatic N) is 1. The molecule has 1 fully saturated rings. The van der Waals surface area contributed by atoms with Gasteiger partial charge in [-0.05, 0) is 31.0 Å². The van der Waals surface area contributed by atoms with E-state index in [1.54, 1.807) is 6.20 Å². The highest BCUT2D eigenvalue weighted by Crippen LogP contribution is 2.27. The van der Waals surface area contributed by atoms with E-state index in [9.17, 15) is 0 Å². The second kappa shape index (κ2) is 6.09. The Balaban J connectivity index is 1.61. The number of fused-ring (bicyclic) bond motifs is 1. The van der Waals surface area contributed by atoms with Gasteiger partial charge in [0.2, 0.25) is 0 Å². The summed E-state index contributed by atoms with van der Waals surface area (Å²) in [6.07, 6.45) is 9.14. The van der Waals surface area contributed by atoms with Gasteiger partial charge in [0.1, 0.15) is 0 Å². The number of anilines is 2. The molecule has 1 heterocycles. The zero-order valence-electron chi connectivity index (χ0n) is 11.6. The maximum Gasteiger partial charge on any atom is 0.0642 e. The van der Waals surface area contributed by atoms with Gasteiger partial charge in [-0.15, -0.1) is 0 Å². The van der Waals surface area contributed by atoms with Crippen molar-refractivity contribution in [2.75, 3.05) is 24.2 Å².